The largest absolute Gasteiger partial charge is 0.416 e. The van der Waals surface area contributed by atoms with Crippen molar-refractivity contribution in [1.82, 2.24) is 0 Å². The molecule has 0 radical (unpaired) electrons. The SMILES string of the molecule is FC(F)(F)c1cc(Nc2ccc(Cl)cc2)cc(-c2ccccc2)c1. The van der Waals surface area contributed by atoms with Gasteiger partial charge in [0.1, 0.15) is 0 Å². The fourth-order valence-electron chi connectivity index (χ4n) is 2.36. The maximum atomic E-state index is 13.2. The maximum absolute atomic E-state index is 13.2. The van der Waals surface area contributed by atoms with Gasteiger partial charge in [0.15, 0.2) is 0 Å². The van der Waals surface area contributed by atoms with Crippen LogP contribution in [0.2, 0.25) is 5.02 Å². The highest BCUT2D eigenvalue weighted by atomic mass is 35.5. The highest BCUT2D eigenvalue weighted by Crippen LogP contribution is 2.35. The Labute approximate surface area is 142 Å². The molecule has 0 saturated heterocycles. The zero-order valence-corrected chi connectivity index (χ0v) is 13.2. The Kier molecular flexibility index (Phi) is 4.49. The normalized spacial score (nSPS) is 11.3. The van der Waals surface area contributed by atoms with Crippen LogP contribution >= 0.6 is 11.6 Å². The van der Waals surface area contributed by atoms with Gasteiger partial charge in [-0.1, -0.05) is 41.9 Å². The van der Waals surface area contributed by atoms with E-state index in [4.69, 9.17) is 11.6 Å². The van der Waals surface area contributed by atoms with Gasteiger partial charge in [0, 0.05) is 16.4 Å². The Morgan fingerprint density at radius 1 is 0.708 bits per heavy atom. The molecular formula is C19H13ClF3N. The number of halogens is 4. The number of alkyl halides is 3. The molecule has 0 aliphatic rings. The molecule has 0 fully saturated rings. The van der Waals surface area contributed by atoms with Crippen LogP contribution in [0.5, 0.6) is 0 Å². The van der Waals surface area contributed by atoms with Gasteiger partial charge >= 0.3 is 6.18 Å². The third-order valence-electron chi connectivity index (χ3n) is 3.50. The van der Waals surface area contributed by atoms with Gasteiger partial charge < -0.3 is 5.32 Å². The van der Waals surface area contributed by atoms with Gasteiger partial charge in [0.2, 0.25) is 0 Å². The average Bonchev–Trinajstić information content (AvgIpc) is 2.57. The summed E-state index contributed by atoms with van der Waals surface area (Å²) < 4.78 is 39.6. The van der Waals surface area contributed by atoms with Gasteiger partial charge in [0.05, 0.1) is 5.56 Å². The number of anilines is 2. The Morgan fingerprint density at radius 2 is 1.38 bits per heavy atom. The second-order valence-electron chi connectivity index (χ2n) is 5.29. The number of rotatable bonds is 3. The molecule has 0 aliphatic carbocycles. The topological polar surface area (TPSA) is 12.0 Å². The lowest BCUT2D eigenvalue weighted by Gasteiger charge is -2.14. The zero-order valence-electron chi connectivity index (χ0n) is 12.4. The molecule has 0 bridgehead atoms. The molecule has 0 heterocycles. The van der Waals surface area contributed by atoms with Crippen LogP contribution in [0.3, 0.4) is 0 Å². The molecule has 0 saturated carbocycles. The molecule has 3 aromatic rings. The van der Waals surface area contributed by atoms with Gasteiger partial charge in [0.25, 0.3) is 0 Å². The van der Waals surface area contributed by atoms with Crippen molar-refractivity contribution in [2.75, 3.05) is 5.32 Å². The Bertz CT molecular complexity index is 827. The summed E-state index contributed by atoms with van der Waals surface area (Å²) in [5.74, 6) is 0. The number of benzene rings is 3. The summed E-state index contributed by atoms with van der Waals surface area (Å²) in [6.07, 6.45) is -4.42. The molecule has 0 aromatic heterocycles. The molecule has 0 unspecified atom stereocenters. The average molecular weight is 348 g/mol. The summed E-state index contributed by atoms with van der Waals surface area (Å²) in [6.45, 7) is 0. The standard InChI is InChI=1S/C19H13ClF3N/c20-16-6-8-17(9-7-16)24-18-11-14(13-4-2-1-3-5-13)10-15(12-18)19(21,22)23/h1-12,24H. The minimum absolute atomic E-state index is 0.367. The molecule has 0 atom stereocenters. The van der Waals surface area contributed by atoms with Crippen LogP contribution in [0, 0.1) is 0 Å². The third-order valence-corrected chi connectivity index (χ3v) is 3.75. The van der Waals surface area contributed by atoms with E-state index < -0.39 is 11.7 Å². The molecule has 1 nitrogen and oxygen atoms in total. The number of hydrogen-bond donors (Lipinski definition) is 1. The second kappa shape index (κ2) is 6.57. The van der Waals surface area contributed by atoms with E-state index in [9.17, 15) is 13.2 Å². The predicted molar refractivity (Wildman–Crippen MR) is 91.6 cm³/mol. The monoisotopic (exact) mass is 347 g/mol. The van der Waals surface area contributed by atoms with Crippen molar-refractivity contribution >= 4 is 23.0 Å². The summed E-state index contributed by atoms with van der Waals surface area (Å²) in [6, 6.07) is 19.7. The van der Waals surface area contributed by atoms with Crippen molar-refractivity contribution in [2.24, 2.45) is 0 Å². The van der Waals surface area contributed by atoms with Crippen LogP contribution in [0.25, 0.3) is 11.1 Å². The van der Waals surface area contributed by atoms with Crippen molar-refractivity contribution < 1.29 is 13.2 Å². The summed E-state index contributed by atoms with van der Waals surface area (Å²) in [5.41, 5.74) is 1.56. The molecule has 3 rings (SSSR count). The first-order valence-electron chi connectivity index (χ1n) is 7.22. The highest BCUT2D eigenvalue weighted by molar-refractivity contribution is 6.30. The van der Waals surface area contributed by atoms with E-state index in [2.05, 4.69) is 5.32 Å². The summed E-state index contributed by atoms with van der Waals surface area (Å²) in [7, 11) is 0. The van der Waals surface area contributed by atoms with Crippen molar-refractivity contribution in [2.45, 2.75) is 6.18 Å². The molecule has 24 heavy (non-hydrogen) atoms. The van der Waals surface area contributed by atoms with Crippen molar-refractivity contribution in [3.05, 3.63) is 83.4 Å². The van der Waals surface area contributed by atoms with Crippen molar-refractivity contribution in [3.63, 3.8) is 0 Å². The van der Waals surface area contributed by atoms with Crippen LogP contribution in [0.4, 0.5) is 24.5 Å². The van der Waals surface area contributed by atoms with Crippen molar-refractivity contribution in [1.29, 1.82) is 0 Å². The summed E-state index contributed by atoms with van der Waals surface area (Å²) in [5, 5.41) is 3.56. The third kappa shape index (κ3) is 3.89. The Hall–Kier alpha value is -2.46. The molecule has 5 heteroatoms. The van der Waals surface area contributed by atoms with E-state index >= 15 is 0 Å². The van der Waals surface area contributed by atoms with E-state index in [1.807, 2.05) is 6.07 Å². The molecule has 1 N–H and O–H groups in total. The van der Waals surface area contributed by atoms with Gasteiger partial charge in [-0.15, -0.1) is 0 Å². The molecule has 0 aliphatic heterocycles. The number of hydrogen-bond acceptors (Lipinski definition) is 1. The van der Waals surface area contributed by atoms with E-state index in [0.29, 0.717) is 22.0 Å². The Balaban J connectivity index is 2.03. The fraction of sp³-hybridized carbons (Fsp3) is 0.0526. The molecule has 3 aromatic carbocycles. The molecule has 122 valence electrons. The van der Waals surface area contributed by atoms with E-state index in [0.717, 1.165) is 17.7 Å². The maximum Gasteiger partial charge on any atom is 0.416 e. The van der Waals surface area contributed by atoms with Gasteiger partial charge in [-0.25, -0.2) is 0 Å². The van der Waals surface area contributed by atoms with E-state index in [-0.39, 0.29) is 0 Å². The zero-order chi connectivity index (χ0) is 17.2. The first kappa shape index (κ1) is 16.4. The lowest BCUT2D eigenvalue weighted by molar-refractivity contribution is -0.137. The predicted octanol–water partition coefficient (Wildman–Crippen LogP) is 6.77. The van der Waals surface area contributed by atoms with E-state index in [1.54, 1.807) is 54.6 Å². The quantitative estimate of drug-likeness (QED) is 0.551. The molecule has 0 spiro atoms. The van der Waals surface area contributed by atoms with Gasteiger partial charge in [-0.05, 0) is 53.6 Å². The minimum Gasteiger partial charge on any atom is -0.355 e. The fourth-order valence-corrected chi connectivity index (χ4v) is 2.49. The van der Waals surface area contributed by atoms with Gasteiger partial charge in [-0.2, -0.15) is 13.2 Å². The Morgan fingerprint density at radius 3 is 2.00 bits per heavy atom. The summed E-state index contributed by atoms with van der Waals surface area (Å²) in [4.78, 5) is 0. The van der Waals surface area contributed by atoms with Crippen LogP contribution < -0.4 is 5.32 Å². The lowest BCUT2D eigenvalue weighted by atomic mass is 10.0. The summed E-state index contributed by atoms with van der Waals surface area (Å²) >= 11 is 5.83. The second-order valence-corrected chi connectivity index (χ2v) is 5.73. The first-order chi connectivity index (χ1) is 11.4. The van der Waals surface area contributed by atoms with Gasteiger partial charge in [-0.3, -0.25) is 0 Å². The van der Waals surface area contributed by atoms with Crippen LogP contribution in [0.1, 0.15) is 5.56 Å². The first-order valence-corrected chi connectivity index (χ1v) is 7.60. The van der Waals surface area contributed by atoms with Crippen LogP contribution in [-0.4, -0.2) is 0 Å². The lowest BCUT2D eigenvalue weighted by Crippen LogP contribution is -2.06. The minimum atomic E-state index is -4.42. The smallest absolute Gasteiger partial charge is 0.355 e. The number of nitrogens with one attached hydrogen (secondary N) is 1. The highest BCUT2D eigenvalue weighted by Gasteiger charge is 2.31. The van der Waals surface area contributed by atoms with Crippen LogP contribution in [0.15, 0.2) is 72.8 Å². The van der Waals surface area contributed by atoms with E-state index in [1.165, 1.54) is 0 Å². The molecule has 0 amide bonds. The molecular weight excluding hydrogens is 335 g/mol. The van der Waals surface area contributed by atoms with Crippen molar-refractivity contribution in [3.8, 4) is 11.1 Å². The van der Waals surface area contributed by atoms with Crippen LogP contribution in [-0.2, 0) is 6.18 Å².